The molecule has 2 amide bonds. The maximum absolute atomic E-state index is 12.3. The molecule has 0 saturated carbocycles. The Bertz CT molecular complexity index is 899. The van der Waals surface area contributed by atoms with E-state index in [0.717, 1.165) is 18.0 Å². The van der Waals surface area contributed by atoms with Crippen molar-refractivity contribution in [1.29, 1.82) is 0 Å². The molecule has 8 nitrogen and oxygen atoms in total. The number of benzene rings is 2. The Kier molecular flexibility index (Phi) is 7.72. The number of anilines is 2. The second-order valence-electron chi connectivity index (χ2n) is 7.50. The lowest BCUT2D eigenvalue weighted by Crippen LogP contribution is -2.42. The zero-order valence-electron chi connectivity index (χ0n) is 18.2. The second kappa shape index (κ2) is 10.7. The van der Waals surface area contributed by atoms with Gasteiger partial charge in [-0.2, -0.15) is 0 Å². The summed E-state index contributed by atoms with van der Waals surface area (Å²) in [6.45, 7) is 1.75. The lowest BCUT2D eigenvalue weighted by Gasteiger charge is -2.30. The van der Waals surface area contributed by atoms with Crippen molar-refractivity contribution in [3.63, 3.8) is 0 Å². The fourth-order valence-electron chi connectivity index (χ4n) is 3.14. The van der Waals surface area contributed by atoms with Crippen LogP contribution in [-0.2, 0) is 9.59 Å². The van der Waals surface area contributed by atoms with Gasteiger partial charge in [0.15, 0.2) is 6.61 Å². The number of likely N-dealkylation sites (N-methyl/N-ethyl adjacent to an activating group) is 1. The second-order valence-corrected chi connectivity index (χ2v) is 7.50. The molecule has 1 heterocycles. The zero-order valence-corrected chi connectivity index (χ0v) is 18.2. The molecule has 2 aromatic carbocycles. The van der Waals surface area contributed by atoms with Crippen molar-refractivity contribution >= 4 is 23.2 Å². The fourth-order valence-corrected chi connectivity index (χ4v) is 3.14. The number of nitrogens with zero attached hydrogens (tertiary/aromatic N) is 2. The lowest BCUT2D eigenvalue weighted by atomic mass is 10.2. The Morgan fingerprint density at radius 2 is 1.90 bits per heavy atom. The highest BCUT2D eigenvalue weighted by Gasteiger charge is 2.25. The average Bonchev–Trinajstić information content (AvgIpc) is 2.76. The fraction of sp³-hybridized carbons (Fsp3) is 0.391. The Labute approximate surface area is 182 Å². The molecule has 0 unspecified atom stereocenters. The molecule has 2 aromatic rings. The molecular formula is C23H29N3O5. The lowest BCUT2D eigenvalue weighted by molar-refractivity contribution is -0.121. The number of fused-ring (bicyclic) bond motifs is 1. The van der Waals surface area contributed by atoms with E-state index in [0.29, 0.717) is 43.1 Å². The molecular weight excluding hydrogens is 398 g/mol. The van der Waals surface area contributed by atoms with E-state index < -0.39 is 0 Å². The summed E-state index contributed by atoms with van der Waals surface area (Å²) >= 11 is 0. The number of nitrogens with one attached hydrogen (secondary N) is 1. The summed E-state index contributed by atoms with van der Waals surface area (Å²) < 4.78 is 16.3. The molecule has 0 spiro atoms. The third kappa shape index (κ3) is 6.36. The Morgan fingerprint density at radius 1 is 1.16 bits per heavy atom. The predicted molar refractivity (Wildman–Crippen MR) is 119 cm³/mol. The van der Waals surface area contributed by atoms with Crippen molar-refractivity contribution < 1.29 is 23.8 Å². The summed E-state index contributed by atoms with van der Waals surface area (Å²) in [5, 5.41) is 2.89. The molecule has 0 fully saturated rings. The van der Waals surface area contributed by atoms with Gasteiger partial charge in [0.1, 0.15) is 17.2 Å². The summed E-state index contributed by atoms with van der Waals surface area (Å²) in [6, 6.07) is 12.7. The zero-order chi connectivity index (χ0) is 22.2. The molecule has 0 aromatic heterocycles. The van der Waals surface area contributed by atoms with Crippen LogP contribution in [0.2, 0.25) is 0 Å². The highest BCUT2D eigenvalue weighted by molar-refractivity contribution is 5.99. The minimum atomic E-state index is -0.110. The highest BCUT2D eigenvalue weighted by atomic mass is 16.5. The van der Waals surface area contributed by atoms with Gasteiger partial charge in [0.25, 0.3) is 5.91 Å². The molecule has 3 rings (SSSR count). The van der Waals surface area contributed by atoms with Crippen molar-refractivity contribution in [3.8, 4) is 17.2 Å². The van der Waals surface area contributed by atoms with Gasteiger partial charge in [-0.1, -0.05) is 0 Å². The number of hydrogen-bond donors (Lipinski definition) is 1. The Hall–Kier alpha value is -3.26. The summed E-state index contributed by atoms with van der Waals surface area (Å²) in [5.41, 5.74) is 1.31. The molecule has 0 aliphatic carbocycles. The van der Waals surface area contributed by atoms with E-state index in [9.17, 15) is 9.59 Å². The number of rotatable bonds is 10. The van der Waals surface area contributed by atoms with Crippen LogP contribution >= 0.6 is 0 Å². The van der Waals surface area contributed by atoms with Crippen LogP contribution in [0.5, 0.6) is 17.2 Å². The number of ether oxygens (including phenoxy) is 3. The van der Waals surface area contributed by atoms with Crippen LogP contribution in [0.1, 0.15) is 12.8 Å². The van der Waals surface area contributed by atoms with Crippen LogP contribution in [-0.4, -0.2) is 64.2 Å². The normalized spacial score (nSPS) is 12.9. The standard InChI is InChI=1S/C23H29N3O5/c1-25(2)12-13-26-20-15-17(6-11-21(20)31-16-23(26)28)24-22(27)5-4-14-30-19-9-7-18(29-3)8-10-19/h6-11,15H,4-5,12-14,16H2,1-3H3,(H,24,27). The molecule has 1 aliphatic rings. The van der Waals surface area contributed by atoms with Gasteiger partial charge in [-0.15, -0.1) is 0 Å². The quantitative estimate of drug-likeness (QED) is 0.588. The van der Waals surface area contributed by atoms with Crippen LogP contribution < -0.4 is 24.4 Å². The van der Waals surface area contributed by atoms with Crippen molar-refractivity contribution in [2.75, 3.05) is 57.7 Å². The topological polar surface area (TPSA) is 80.3 Å². The van der Waals surface area contributed by atoms with Crippen LogP contribution in [0.15, 0.2) is 42.5 Å². The summed E-state index contributed by atoms with van der Waals surface area (Å²) in [4.78, 5) is 28.4. The van der Waals surface area contributed by atoms with Gasteiger partial charge < -0.3 is 29.3 Å². The SMILES string of the molecule is COc1ccc(OCCCC(=O)Nc2ccc3c(c2)N(CCN(C)C)C(=O)CO3)cc1. The molecule has 0 bridgehead atoms. The maximum Gasteiger partial charge on any atom is 0.265 e. The molecule has 0 saturated heterocycles. The van der Waals surface area contributed by atoms with E-state index in [1.54, 1.807) is 30.2 Å². The van der Waals surface area contributed by atoms with Crippen molar-refractivity contribution in [3.05, 3.63) is 42.5 Å². The first-order valence-electron chi connectivity index (χ1n) is 10.2. The van der Waals surface area contributed by atoms with E-state index in [1.165, 1.54) is 0 Å². The number of carbonyl (C=O) groups is 2. The monoisotopic (exact) mass is 427 g/mol. The summed E-state index contributed by atoms with van der Waals surface area (Å²) in [6.07, 6.45) is 0.909. The molecule has 166 valence electrons. The molecule has 31 heavy (non-hydrogen) atoms. The highest BCUT2D eigenvalue weighted by Crippen LogP contribution is 2.34. The Balaban J connectivity index is 1.51. The van der Waals surface area contributed by atoms with Crippen LogP contribution in [0, 0.1) is 0 Å². The largest absolute Gasteiger partial charge is 0.497 e. The van der Waals surface area contributed by atoms with Crippen LogP contribution in [0.25, 0.3) is 0 Å². The van der Waals surface area contributed by atoms with Crippen LogP contribution in [0.3, 0.4) is 0 Å². The van der Waals surface area contributed by atoms with Gasteiger partial charge in [0, 0.05) is 25.2 Å². The first kappa shape index (κ1) is 22.4. The van der Waals surface area contributed by atoms with E-state index in [2.05, 4.69) is 5.32 Å². The summed E-state index contributed by atoms with van der Waals surface area (Å²) in [7, 11) is 5.53. The van der Waals surface area contributed by atoms with E-state index in [4.69, 9.17) is 14.2 Å². The average molecular weight is 428 g/mol. The first-order chi connectivity index (χ1) is 15.0. The molecule has 1 aliphatic heterocycles. The van der Waals surface area contributed by atoms with Crippen molar-refractivity contribution in [1.82, 2.24) is 4.90 Å². The van der Waals surface area contributed by atoms with Gasteiger partial charge in [-0.05, 0) is 63.0 Å². The minimum Gasteiger partial charge on any atom is -0.497 e. The van der Waals surface area contributed by atoms with Crippen molar-refractivity contribution in [2.24, 2.45) is 0 Å². The summed E-state index contributed by atoms with van der Waals surface area (Å²) in [5.74, 6) is 1.95. The number of carbonyl (C=O) groups excluding carboxylic acids is 2. The molecule has 0 radical (unpaired) electrons. The third-order valence-corrected chi connectivity index (χ3v) is 4.83. The van der Waals surface area contributed by atoms with Crippen LogP contribution in [0.4, 0.5) is 11.4 Å². The van der Waals surface area contributed by atoms with E-state index in [-0.39, 0.29) is 18.4 Å². The van der Waals surface area contributed by atoms with E-state index in [1.807, 2.05) is 43.3 Å². The number of amides is 2. The molecule has 8 heteroatoms. The van der Waals surface area contributed by atoms with Gasteiger partial charge in [-0.25, -0.2) is 0 Å². The molecule has 0 atom stereocenters. The number of methoxy groups -OCH3 is 1. The van der Waals surface area contributed by atoms with Gasteiger partial charge in [0.2, 0.25) is 5.91 Å². The van der Waals surface area contributed by atoms with Gasteiger partial charge in [-0.3, -0.25) is 9.59 Å². The van der Waals surface area contributed by atoms with Gasteiger partial charge >= 0.3 is 0 Å². The maximum atomic E-state index is 12.3. The third-order valence-electron chi connectivity index (χ3n) is 4.83. The van der Waals surface area contributed by atoms with E-state index >= 15 is 0 Å². The smallest absolute Gasteiger partial charge is 0.265 e. The van der Waals surface area contributed by atoms with Crippen molar-refractivity contribution in [2.45, 2.75) is 12.8 Å². The number of hydrogen-bond acceptors (Lipinski definition) is 6. The van der Waals surface area contributed by atoms with Gasteiger partial charge in [0.05, 0.1) is 19.4 Å². The minimum absolute atomic E-state index is 0.0281. The Morgan fingerprint density at radius 3 is 2.61 bits per heavy atom. The predicted octanol–water partition coefficient (Wildman–Crippen LogP) is 2.78. The molecule has 1 N–H and O–H groups in total. The first-order valence-corrected chi connectivity index (χ1v) is 10.2.